The number of phenolic OH excluding ortho intramolecular Hbond substituents is 1. The van der Waals surface area contributed by atoms with Crippen LogP contribution in [0.15, 0.2) is 42.5 Å². The Morgan fingerprint density at radius 3 is 2.41 bits per heavy atom. The Morgan fingerprint density at radius 2 is 1.82 bits per heavy atom. The molecule has 0 unspecified atom stereocenters. The highest BCUT2D eigenvalue weighted by Gasteiger charge is 2.10. The van der Waals surface area contributed by atoms with Crippen LogP contribution in [0.2, 0.25) is 0 Å². The molecule has 0 radical (unpaired) electrons. The Bertz CT molecular complexity index is 650. The maximum absolute atomic E-state index is 13.4. The lowest BCUT2D eigenvalue weighted by molar-refractivity contribution is 0.0447. The highest BCUT2D eigenvalue weighted by atomic mass is 19.1. The van der Waals surface area contributed by atoms with Gasteiger partial charge < -0.3 is 9.84 Å². The first kappa shape index (κ1) is 16.0. The summed E-state index contributed by atoms with van der Waals surface area (Å²) in [7, 11) is 0. The van der Waals surface area contributed by atoms with E-state index in [1.807, 2.05) is 13.8 Å². The van der Waals surface area contributed by atoms with Gasteiger partial charge in [0.25, 0.3) is 0 Å². The lowest BCUT2D eigenvalue weighted by Gasteiger charge is -2.10. The second kappa shape index (κ2) is 7.07. The van der Waals surface area contributed by atoms with Gasteiger partial charge in [-0.05, 0) is 41.3 Å². The number of phenols is 1. The molecule has 0 bridgehead atoms. The van der Waals surface area contributed by atoms with Crippen LogP contribution in [0.1, 0.15) is 30.6 Å². The molecule has 22 heavy (non-hydrogen) atoms. The summed E-state index contributed by atoms with van der Waals surface area (Å²) in [6, 6.07) is 10.9. The summed E-state index contributed by atoms with van der Waals surface area (Å²) in [5.74, 6) is -1.07. The van der Waals surface area contributed by atoms with Crippen molar-refractivity contribution in [3.8, 4) is 16.9 Å². The molecule has 3 nitrogen and oxygen atoms in total. The third-order valence-electron chi connectivity index (χ3n) is 3.60. The van der Waals surface area contributed by atoms with Gasteiger partial charge in [-0.15, -0.1) is 0 Å². The van der Waals surface area contributed by atoms with E-state index in [0.29, 0.717) is 23.7 Å². The molecule has 0 aliphatic carbocycles. The van der Waals surface area contributed by atoms with Crippen molar-refractivity contribution in [2.24, 2.45) is 5.92 Å². The Hall–Kier alpha value is -2.36. The van der Waals surface area contributed by atoms with Crippen LogP contribution in [0, 0.1) is 11.7 Å². The van der Waals surface area contributed by atoms with Crippen molar-refractivity contribution in [3.05, 3.63) is 53.8 Å². The fourth-order valence-electron chi connectivity index (χ4n) is 1.90. The summed E-state index contributed by atoms with van der Waals surface area (Å²) in [4.78, 5) is 11.9. The Balaban J connectivity index is 2.09. The molecule has 1 atom stereocenters. The summed E-state index contributed by atoms with van der Waals surface area (Å²) in [6.45, 7) is 4.47. The lowest BCUT2D eigenvalue weighted by Crippen LogP contribution is -2.11. The van der Waals surface area contributed by atoms with E-state index in [-0.39, 0.29) is 11.7 Å². The van der Waals surface area contributed by atoms with Crippen molar-refractivity contribution in [2.45, 2.75) is 20.3 Å². The van der Waals surface area contributed by atoms with Gasteiger partial charge in [0.15, 0.2) is 11.6 Å². The predicted octanol–water partition coefficient (Wildman–Crippen LogP) is 4.40. The number of aromatic hydroxyl groups is 1. The monoisotopic (exact) mass is 302 g/mol. The number of carbonyl (C=O) groups is 1. The van der Waals surface area contributed by atoms with E-state index in [2.05, 4.69) is 0 Å². The van der Waals surface area contributed by atoms with Gasteiger partial charge in [-0.25, -0.2) is 9.18 Å². The van der Waals surface area contributed by atoms with E-state index < -0.39 is 5.82 Å². The van der Waals surface area contributed by atoms with E-state index in [0.717, 1.165) is 12.0 Å². The molecule has 0 fully saturated rings. The minimum absolute atomic E-state index is 0.336. The van der Waals surface area contributed by atoms with E-state index >= 15 is 0 Å². The standard InChI is InChI=1S/C18H19FO3/c1-3-12(2)11-22-18(21)14-6-4-13(5-7-14)15-8-9-17(20)16(19)10-15/h4-10,12,20H,3,11H2,1-2H3/t12-/m0/s1. The predicted molar refractivity (Wildman–Crippen MR) is 83.2 cm³/mol. The fraction of sp³-hybridized carbons (Fsp3) is 0.278. The van der Waals surface area contributed by atoms with Crippen LogP contribution in [-0.2, 0) is 4.74 Å². The maximum Gasteiger partial charge on any atom is 0.338 e. The van der Waals surface area contributed by atoms with Gasteiger partial charge in [0, 0.05) is 0 Å². The van der Waals surface area contributed by atoms with E-state index in [1.165, 1.54) is 12.1 Å². The van der Waals surface area contributed by atoms with Crippen molar-refractivity contribution in [2.75, 3.05) is 6.61 Å². The highest BCUT2D eigenvalue weighted by Crippen LogP contribution is 2.25. The number of rotatable bonds is 5. The van der Waals surface area contributed by atoms with Gasteiger partial charge in [0.2, 0.25) is 0 Å². The van der Waals surface area contributed by atoms with Crippen molar-refractivity contribution < 1.29 is 19.0 Å². The Kier molecular flexibility index (Phi) is 5.15. The van der Waals surface area contributed by atoms with E-state index in [1.54, 1.807) is 30.3 Å². The average molecular weight is 302 g/mol. The number of hydrogen-bond acceptors (Lipinski definition) is 3. The first-order valence-corrected chi connectivity index (χ1v) is 7.27. The van der Waals surface area contributed by atoms with Crippen molar-refractivity contribution in [1.29, 1.82) is 0 Å². The second-order valence-electron chi connectivity index (χ2n) is 5.36. The summed E-state index contributed by atoms with van der Waals surface area (Å²) >= 11 is 0. The molecule has 0 aromatic heterocycles. The van der Waals surface area contributed by atoms with Gasteiger partial charge in [0.1, 0.15) is 0 Å². The largest absolute Gasteiger partial charge is 0.505 e. The van der Waals surface area contributed by atoms with Gasteiger partial charge in [-0.3, -0.25) is 0 Å². The molecule has 0 aliphatic rings. The first-order chi connectivity index (χ1) is 10.5. The number of ether oxygens (including phenoxy) is 1. The Labute approximate surface area is 129 Å². The molecule has 0 amide bonds. The summed E-state index contributed by atoms with van der Waals surface area (Å²) in [6.07, 6.45) is 0.957. The quantitative estimate of drug-likeness (QED) is 0.833. The van der Waals surface area contributed by atoms with Crippen molar-refractivity contribution >= 4 is 5.97 Å². The van der Waals surface area contributed by atoms with Crippen molar-refractivity contribution in [1.82, 2.24) is 0 Å². The first-order valence-electron chi connectivity index (χ1n) is 7.27. The molecular weight excluding hydrogens is 283 g/mol. The van der Waals surface area contributed by atoms with Crippen molar-refractivity contribution in [3.63, 3.8) is 0 Å². The lowest BCUT2D eigenvalue weighted by atomic mass is 10.0. The number of halogens is 1. The SMILES string of the molecule is CC[C@H](C)COC(=O)c1ccc(-c2ccc(O)c(F)c2)cc1. The summed E-state index contributed by atoms with van der Waals surface area (Å²) in [5, 5.41) is 9.20. The third kappa shape index (κ3) is 3.85. The molecule has 116 valence electrons. The minimum Gasteiger partial charge on any atom is -0.505 e. The maximum atomic E-state index is 13.4. The van der Waals surface area contributed by atoms with Crippen LogP contribution in [-0.4, -0.2) is 17.7 Å². The second-order valence-corrected chi connectivity index (χ2v) is 5.36. The number of esters is 1. The van der Waals surface area contributed by atoms with Gasteiger partial charge >= 0.3 is 5.97 Å². The zero-order chi connectivity index (χ0) is 16.1. The zero-order valence-corrected chi connectivity index (χ0v) is 12.7. The molecule has 4 heteroatoms. The van der Waals surface area contributed by atoms with Crippen LogP contribution in [0.25, 0.3) is 11.1 Å². The average Bonchev–Trinajstić information content (AvgIpc) is 2.55. The molecular formula is C18H19FO3. The molecule has 1 N–H and O–H groups in total. The van der Waals surface area contributed by atoms with Crippen LogP contribution in [0.5, 0.6) is 5.75 Å². The summed E-state index contributed by atoms with van der Waals surface area (Å²) < 4.78 is 18.6. The van der Waals surface area contributed by atoms with Crippen LogP contribution in [0.3, 0.4) is 0 Å². The zero-order valence-electron chi connectivity index (χ0n) is 12.7. The van der Waals surface area contributed by atoms with Crippen LogP contribution in [0.4, 0.5) is 4.39 Å². The molecule has 0 aliphatic heterocycles. The topological polar surface area (TPSA) is 46.5 Å². The fourth-order valence-corrected chi connectivity index (χ4v) is 1.90. The molecule has 0 saturated heterocycles. The Morgan fingerprint density at radius 1 is 1.18 bits per heavy atom. The van der Waals surface area contributed by atoms with Crippen LogP contribution >= 0.6 is 0 Å². The normalized spacial score (nSPS) is 12.0. The molecule has 0 heterocycles. The minimum atomic E-state index is -0.672. The van der Waals surface area contributed by atoms with E-state index in [9.17, 15) is 14.3 Å². The van der Waals surface area contributed by atoms with Crippen LogP contribution < -0.4 is 0 Å². The van der Waals surface area contributed by atoms with E-state index in [4.69, 9.17) is 4.74 Å². The number of carbonyl (C=O) groups excluding carboxylic acids is 1. The highest BCUT2D eigenvalue weighted by molar-refractivity contribution is 5.90. The number of hydrogen-bond donors (Lipinski definition) is 1. The number of benzene rings is 2. The molecule has 2 aromatic rings. The summed E-state index contributed by atoms with van der Waals surface area (Å²) in [5.41, 5.74) is 1.86. The van der Waals surface area contributed by atoms with Gasteiger partial charge in [-0.1, -0.05) is 38.5 Å². The molecule has 0 saturated carbocycles. The van der Waals surface area contributed by atoms with Gasteiger partial charge in [0.05, 0.1) is 12.2 Å². The molecule has 2 aromatic carbocycles. The molecule has 2 rings (SSSR count). The smallest absolute Gasteiger partial charge is 0.338 e. The van der Waals surface area contributed by atoms with Gasteiger partial charge in [-0.2, -0.15) is 0 Å². The third-order valence-corrected chi connectivity index (χ3v) is 3.60. The molecule has 0 spiro atoms.